The van der Waals surface area contributed by atoms with Gasteiger partial charge in [-0.1, -0.05) is 22.0 Å². The van der Waals surface area contributed by atoms with Crippen LogP contribution in [0, 0.1) is 0 Å². The Hall–Kier alpha value is -1.25. The monoisotopic (exact) mass is 371 g/mol. The summed E-state index contributed by atoms with van der Waals surface area (Å²) in [6.45, 7) is 1.50. The summed E-state index contributed by atoms with van der Waals surface area (Å²) in [7, 11) is -2.86. The predicted octanol–water partition coefficient (Wildman–Crippen LogP) is 1.73. The van der Waals surface area contributed by atoms with E-state index in [1.54, 1.807) is 0 Å². The van der Waals surface area contributed by atoms with Crippen molar-refractivity contribution in [2.45, 2.75) is 6.54 Å². The van der Waals surface area contributed by atoms with Gasteiger partial charge in [0.25, 0.3) is 0 Å². The van der Waals surface area contributed by atoms with Crippen molar-refractivity contribution >= 4 is 25.8 Å². The van der Waals surface area contributed by atoms with Crippen molar-refractivity contribution in [2.24, 2.45) is 0 Å². The summed E-state index contributed by atoms with van der Waals surface area (Å²) < 4.78 is 29.4. The third-order valence-corrected chi connectivity index (χ3v) is 5.44. The van der Waals surface area contributed by atoms with Gasteiger partial charge in [-0.15, -0.1) is 10.2 Å². The number of sulfone groups is 1. The summed E-state index contributed by atoms with van der Waals surface area (Å²) in [4.78, 5) is 2.01. The van der Waals surface area contributed by atoms with Crippen LogP contribution in [0.2, 0.25) is 0 Å². The zero-order valence-corrected chi connectivity index (χ0v) is 13.6. The first-order valence-corrected chi connectivity index (χ1v) is 9.14. The largest absolute Gasteiger partial charge is 0.419 e. The van der Waals surface area contributed by atoms with Gasteiger partial charge < -0.3 is 4.42 Å². The average Bonchev–Trinajstić information content (AvgIpc) is 2.90. The Morgan fingerprint density at radius 3 is 2.71 bits per heavy atom. The smallest absolute Gasteiger partial charge is 0.247 e. The molecule has 0 bridgehead atoms. The van der Waals surface area contributed by atoms with Crippen LogP contribution in [0.4, 0.5) is 0 Å². The predicted molar refractivity (Wildman–Crippen MR) is 81.4 cm³/mol. The number of hydrogen-bond donors (Lipinski definition) is 0. The molecular weight excluding hydrogens is 358 g/mol. The van der Waals surface area contributed by atoms with Crippen LogP contribution < -0.4 is 0 Å². The van der Waals surface area contributed by atoms with Crippen LogP contribution in [-0.4, -0.2) is 48.1 Å². The highest BCUT2D eigenvalue weighted by atomic mass is 79.9. The van der Waals surface area contributed by atoms with E-state index in [1.165, 1.54) is 0 Å². The molecule has 1 fully saturated rings. The molecule has 0 spiro atoms. The second kappa shape index (κ2) is 5.86. The molecule has 0 saturated carbocycles. The molecule has 2 heterocycles. The van der Waals surface area contributed by atoms with Gasteiger partial charge in [-0.3, -0.25) is 4.90 Å². The first-order chi connectivity index (χ1) is 10.0. The van der Waals surface area contributed by atoms with Crippen molar-refractivity contribution in [2.75, 3.05) is 24.6 Å². The Morgan fingerprint density at radius 1 is 1.24 bits per heavy atom. The van der Waals surface area contributed by atoms with E-state index < -0.39 is 9.84 Å². The zero-order chi connectivity index (χ0) is 14.9. The normalized spacial score (nSPS) is 18.7. The molecule has 0 radical (unpaired) electrons. The molecule has 1 aliphatic rings. The molecule has 0 atom stereocenters. The maximum Gasteiger partial charge on any atom is 0.247 e. The quantitative estimate of drug-likeness (QED) is 0.817. The van der Waals surface area contributed by atoms with Crippen molar-refractivity contribution in [3.63, 3.8) is 0 Å². The molecule has 1 saturated heterocycles. The number of benzene rings is 1. The number of halogens is 1. The van der Waals surface area contributed by atoms with Crippen LogP contribution in [0.3, 0.4) is 0 Å². The minimum Gasteiger partial charge on any atom is -0.419 e. The van der Waals surface area contributed by atoms with Gasteiger partial charge in [0.2, 0.25) is 11.8 Å². The SMILES string of the molecule is O=S1(=O)CCN(Cc2nnc(-c3cccc(Br)c3)o2)CC1. The fraction of sp³-hybridized carbons (Fsp3) is 0.385. The van der Waals surface area contributed by atoms with E-state index in [2.05, 4.69) is 26.1 Å². The van der Waals surface area contributed by atoms with E-state index in [0.29, 0.717) is 31.4 Å². The molecule has 3 rings (SSSR count). The molecule has 8 heteroatoms. The fourth-order valence-electron chi connectivity index (χ4n) is 2.16. The summed E-state index contributed by atoms with van der Waals surface area (Å²) in [5, 5.41) is 8.07. The number of nitrogens with zero attached hydrogens (tertiary/aromatic N) is 3. The van der Waals surface area contributed by atoms with E-state index in [0.717, 1.165) is 10.0 Å². The van der Waals surface area contributed by atoms with Crippen molar-refractivity contribution in [1.29, 1.82) is 0 Å². The molecule has 0 aliphatic carbocycles. The van der Waals surface area contributed by atoms with Crippen LogP contribution in [0.1, 0.15) is 5.89 Å². The molecule has 21 heavy (non-hydrogen) atoms. The van der Waals surface area contributed by atoms with E-state index in [4.69, 9.17) is 4.42 Å². The Morgan fingerprint density at radius 2 is 2.00 bits per heavy atom. The van der Waals surface area contributed by atoms with E-state index in [9.17, 15) is 8.42 Å². The molecule has 112 valence electrons. The molecule has 0 N–H and O–H groups in total. The third-order valence-electron chi connectivity index (χ3n) is 3.33. The molecular formula is C13H14BrN3O3S. The molecule has 1 aromatic carbocycles. The highest BCUT2D eigenvalue weighted by molar-refractivity contribution is 9.10. The van der Waals surface area contributed by atoms with Gasteiger partial charge in [-0.2, -0.15) is 0 Å². The van der Waals surface area contributed by atoms with Gasteiger partial charge >= 0.3 is 0 Å². The Kier molecular flexibility index (Phi) is 4.10. The van der Waals surface area contributed by atoms with Crippen LogP contribution >= 0.6 is 15.9 Å². The highest BCUT2D eigenvalue weighted by Gasteiger charge is 2.23. The standard InChI is InChI=1S/C13H14BrN3O3S/c14-11-3-1-2-10(8-11)13-16-15-12(20-13)9-17-4-6-21(18,19)7-5-17/h1-3,8H,4-7,9H2. The Labute approximate surface area is 131 Å². The van der Waals surface area contributed by atoms with E-state index in [1.807, 2.05) is 29.2 Å². The molecule has 1 aliphatic heterocycles. The maximum absolute atomic E-state index is 11.4. The minimum atomic E-state index is -2.86. The van der Waals surface area contributed by atoms with Crippen molar-refractivity contribution < 1.29 is 12.8 Å². The average molecular weight is 372 g/mol. The lowest BCUT2D eigenvalue weighted by Crippen LogP contribution is -2.39. The lowest BCUT2D eigenvalue weighted by atomic mass is 10.2. The van der Waals surface area contributed by atoms with Gasteiger partial charge in [0, 0.05) is 23.1 Å². The fourth-order valence-corrected chi connectivity index (χ4v) is 3.83. The Balaban J connectivity index is 1.68. The third kappa shape index (κ3) is 3.69. The molecule has 0 unspecified atom stereocenters. The highest BCUT2D eigenvalue weighted by Crippen LogP contribution is 2.22. The Bertz CT molecular complexity index is 731. The zero-order valence-electron chi connectivity index (χ0n) is 11.2. The second-order valence-electron chi connectivity index (χ2n) is 4.94. The second-order valence-corrected chi connectivity index (χ2v) is 8.16. The van der Waals surface area contributed by atoms with Gasteiger partial charge in [0.15, 0.2) is 9.84 Å². The summed E-state index contributed by atoms with van der Waals surface area (Å²) >= 11 is 3.40. The van der Waals surface area contributed by atoms with Gasteiger partial charge in [0.1, 0.15) is 0 Å². The summed E-state index contributed by atoms with van der Waals surface area (Å²) in [6.07, 6.45) is 0. The summed E-state index contributed by atoms with van der Waals surface area (Å²) in [5.74, 6) is 1.36. The van der Waals surface area contributed by atoms with E-state index in [-0.39, 0.29) is 11.5 Å². The van der Waals surface area contributed by atoms with Gasteiger partial charge in [0.05, 0.1) is 18.1 Å². The number of aromatic nitrogens is 2. The van der Waals surface area contributed by atoms with Crippen molar-refractivity contribution in [3.05, 3.63) is 34.6 Å². The molecule has 1 aromatic heterocycles. The topological polar surface area (TPSA) is 76.3 Å². The van der Waals surface area contributed by atoms with E-state index >= 15 is 0 Å². The minimum absolute atomic E-state index is 0.194. The number of hydrogen-bond acceptors (Lipinski definition) is 6. The lowest BCUT2D eigenvalue weighted by molar-refractivity contribution is 0.258. The molecule has 2 aromatic rings. The first kappa shape index (κ1) is 14.7. The van der Waals surface area contributed by atoms with Gasteiger partial charge in [-0.25, -0.2) is 8.42 Å². The lowest BCUT2D eigenvalue weighted by Gasteiger charge is -2.24. The summed E-state index contributed by atoms with van der Waals surface area (Å²) in [6, 6.07) is 7.63. The molecule has 0 amide bonds. The molecule has 6 nitrogen and oxygen atoms in total. The van der Waals surface area contributed by atoms with Gasteiger partial charge in [-0.05, 0) is 18.2 Å². The van der Waals surface area contributed by atoms with Crippen LogP contribution in [-0.2, 0) is 16.4 Å². The van der Waals surface area contributed by atoms with Crippen molar-refractivity contribution in [3.8, 4) is 11.5 Å². The maximum atomic E-state index is 11.4. The number of rotatable bonds is 3. The van der Waals surface area contributed by atoms with Crippen LogP contribution in [0.15, 0.2) is 33.2 Å². The van der Waals surface area contributed by atoms with Crippen molar-refractivity contribution in [1.82, 2.24) is 15.1 Å². The summed E-state index contributed by atoms with van der Waals surface area (Å²) in [5.41, 5.74) is 0.851. The van der Waals surface area contributed by atoms with Crippen LogP contribution in [0.25, 0.3) is 11.5 Å². The van der Waals surface area contributed by atoms with Crippen LogP contribution in [0.5, 0.6) is 0 Å². The first-order valence-electron chi connectivity index (χ1n) is 6.53.